The first kappa shape index (κ1) is 20.9. The highest BCUT2D eigenvalue weighted by Crippen LogP contribution is 2.35. The number of morpholine rings is 1. The summed E-state index contributed by atoms with van der Waals surface area (Å²) in [5.41, 5.74) is 3.13. The van der Waals surface area contributed by atoms with Gasteiger partial charge >= 0.3 is 0 Å². The van der Waals surface area contributed by atoms with Crippen molar-refractivity contribution in [1.82, 2.24) is 4.90 Å². The molecule has 2 aromatic carbocycles. The molecule has 0 aliphatic carbocycles. The van der Waals surface area contributed by atoms with Crippen molar-refractivity contribution >= 4 is 34.3 Å². The van der Waals surface area contributed by atoms with E-state index in [1.54, 1.807) is 12.1 Å². The van der Waals surface area contributed by atoms with Gasteiger partial charge in [-0.05, 0) is 36.4 Å². The van der Waals surface area contributed by atoms with Gasteiger partial charge in [-0.25, -0.2) is 0 Å². The monoisotopic (exact) mass is 425 g/mol. The molecule has 164 valence electrons. The maximum atomic E-state index is 12.6. The van der Waals surface area contributed by atoms with Gasteiger partial charge in [-0.3, -0.25) is 14.9 Å². The number of carbonyl (C=O) groups is 1. The van der Waals surface area contributed by atoms with Gasteiger partial charge in [0.1, 0.15) is 5.69 Å². The maximum absolute atomic E-state index is 12.6. The number of benzene rings is 2. The molecule has 0 aromatic heterocycles. The fourth-order valence-corrected chi connectivity index (χ4v) is 3.87. The van der Waals surface area contributed by atoms with Crippen molar-refractivity contribution < 1.29 is 14.5 Å². The van der Waals surface area contributed by atoms with Gasteiger partial charge in [0, 0.05) is 63.4 Å². The van der Waals surface area contributed by atoms with E-state index in [9.17, 15) is 14.9 Å². The Hall–Kier alpha value is -3.33. The molecular weight excluding hydrogens is 398 g/mol. The largest absolute Gasteiger partial charge is 0.378 e. The molecule has 2 aliphatic heterocycles. The second kappa shape index (κ2) is 8.81. The Bertz CT molecular complexity index is 951. The average molecular weight is 425 g/mol. The van der Waals surface area contributed by atoms with Crippen molar-refractivity contribution in [1.29, 1.82) is 0 Å². The number of amides is 1. The molecule has 0 saturated carbocycles. The van der Waals surface area contributed by atoms with Crippen LogP contribution in [0.15, 0.2) is 42.5 Å². The van der Waals surface area contributed by atoms with Crippen LogP contribution in [0.5, 0.6) is 0 Å². The number of hydrogen-bond acceptors (Lipinski definition) is 7. The zero-order chi connectivity index (χ0) is 22.0. The molecule has 0 bridgehead atoms. The minimum atomic E-state index is -0.388. The van der Waals surface area contributed by atoms with Gasteiger partial charge in [0.15, 0.2) is 0 Å². The van der Waals surface area contributed by atoms with Gasteiger partial charge in [-0.15, -0.1) is 0 Å². The Balaban J connectivity index is 1.46. The van der Waals surface area contributed by atoms with Crippen molar-refractivity contribution in [2.45, 2.75) is 0 Å². The van der Waals surface area contributed by atoms with Crippen LogP contribution in [0.3, 0.4) is 0 Å². The first-order valence-corrected chi connectivity index (χ1v) is 10.4. The average Bonchev–Trinajstić information content (AvgIpc) is 2.73. The quantitative estimate of drug-likeness (QED) is 0.562. The van der Waals surface area contributed by atoms with E-state index in [2.05, 4.69) is 10.2 Å². The Kier molecular flexibility index (Phi) is 5.94. The summed E-state index contributed by atoms with van der Waals surface area (Å²) in [6.45, 7) is 3.71. The molecule has 1 N–H and O–H groups in total. The van der Waals surface area contributed by atoms with E-state index in [-0.39, 0.29) is 22.4 Å². The predicted molar refractivity (Wildman–Crippen MR) is 120 cm³/mol. The molecule has 9 heteroatoms. The van der Waals surface area contributed by atoms with E-state index in [4.69, 9.17) is 4.74 Å². The van der Waals surface area contributed by atoms with Crippen molar-refractivity contribution in [3.05, 3.63) is 52.6 Å². The lowest BCUT2D eigenvalue weighted by Gasteiger charge is -2.42. The topological polar surface area (TPSA) is 91.2 Å². The summed E-state index contributed by atoms with van der Waals surface area (Å²) in [6.07, 6.45) is 0. The molecule has 2 fully saturated rings. The van der Waals surface area contributed by atoms with Crippen LogP contribution < -0.4 is 15.1 Å². The second-order valence-corrected chi connectivity index (χ2v) is 8.06. The SMILES string of the molecule is CN(C)c1ccc(Nc2cc(N3CC(C(=O)N4CCOCC4)C3)ccc2[N+](=O)[O-])cc1. The van der Waals surface area contributed by atoms with Gasteiger partial charge in [-0.2, -0.15) is 0 Å². The van der Waals surface area contributed by atoms with E-state index in [0.29, 0.717) is 45.1 Å². The third-order valence-electron chi connectivity index (χ3n) is 5.76. The number of nitro benzene ring substituents is 1. The summed E-state index contributed by atoms with van der Waals surface area (Å²) in [6, 6.07) is 12.7. The first-order chi connectivity index (χ1) is 14.9. The fraction of sp³-hybridized carbons (Fsp3) is 0.409. The van der Waals surface area contributed by atoms with Gasteiger partial charge in [-0.1, -0.05) is 0 Å². The standard InChI is InChI=1S/C22H27N5O4/c1-24(2)18-5-3-17(4-6-18)23-20-13-19(7-8-21(20)27(29)30)26-14-16(15-26)22(28)25-9-11-31-12-10-25/h3-8,13,16,23H,9-12,14-15H2,1-2H3. The zero-order valence-electron chi connectivity index (χ0n) is 17.8. The van der Waals surface area contributed by atoms with Crippen molar-refractivity contribution in [2.75, 3.05) is 68.6 Å². The minimum Gasteiger partial charge on any atom is -0.378 e. The molecule has 0 spiro atoms. The molecule has 1 amide bonds. The maximum Gasteiger partial charge on any atom is 0.292 e. The lowest BCUT2D eigenvalue weighted by atomic mass is 9.97. The molecule has 2 aromatic rings. The molecule has 0 atom stereocenters. The van der Waals surface area contributed by atoms with Gasteiger partial charge in [0.2, 0.25) is 5.91 Å². The Morgan fingerprint density at radius 1 is 1.13 bits per heavy atom. The smallest absolute Gasteiger partial charge is 0.292 e. The van der Waals surface area contributed by atoms with Crippen LogP contribution in [-0.4, -0.2) is 69.2 Å². The van der Waals surface area contributed by atoms with Gasteiger partial charge in [0.25, 0.3) is 5.69 Å². The summed E-state index contributed by atoms with van der Waals surface area (Å²) in [7, 11) is 3.92. The van der Waals surface area contributed by atoms with Crippen LogP contribution in [0.2, 0.25) is 0 Å². The van der Waals surface area contributed by atoms with E-state index in [1.165, 1.54) is 6.07 Å². The molecule has 0 unspecified atom stereocenters. The number of carbonyl (C=O) groups excluding carboxylic acids is 1. The Morgan fingerprint density at radius 2 is 1.81 bits per heavy atom. The lowest BCUT2D eigenvalue weighted by Crippen LogP contribution is -2.56. The predicted octanol–water partition coefficient (Wildman–Crippen LogP) is 2.70. The molecule has 9 nitrogen and oxygen atoms in total. The number of rotatable bonds is 6. The lowest BCUT2D eigenvalue weighted by molar-refractivity contribution is -0.383. The van der Waals surface area contributed by atoms with Crippen LogP contribution in [0.4, 0.5) is 28.4 Å². The van der Waals surface area contributed by atoms with Crippen LogP contribution in [0, 0.1) is 16.0 Å². The number of anilines is 4. The molecule has 4 rings (SSSR count). The third kappa shape index (κ3) is 4.56. The first-order valence-electron chi connectivity index (χ1n) is 10.4. The number of nitrogens with zero attached hydrogens (tertiary/aromatic N) is 4. The van der Waals surface area contributed by atoms with Crippen LogP contribution in [0.25, 0.3) is 0 Å². The summed E-state index contributed by atoms with van der Waals surface area (Å²) in [4.78, 5) is 29.7. The molecule has 0 radical (unpaired) electrons. The van der Waals surface area contributed by atoms with Crippen molar-refractivity contribution in [2.24, 2.45) is 5.92 Å². The summed E-state index contributed by atoms with van der Waals surface area (Å²) in [5, 5.41) is 14.7. The Labute approximate surface area is 181 Å². The number of ether oxygens (including phenoxy) is 1. The van der Waals surface area contributed by atoms with Crippen LogP contribution in [-0.2, 0) is 9.53 Å². The molecule has 2 saturated heterocycles. The molecule has 2 aliphatic rings. The molecule has 31 heavy (non-hydrogen) atoms. The van der Waals surface area contributed by atoms with Crippen molar-refractivity contribution in [3.8, 4) is 0 Å². The minimum absolute atomic E-state index is 0.0157. The van der Waals surface area contributed by atoms with E-state index in [1.807, 2.05) is 48.2 Å². The zero-order valence-corrected chi connectivity index (χ0v) is 17.8. The normalized spacial score (nSPS) is 16.6. The van der Waals surface area contributed by atoms with Gasteiger partial charge in [0.05, 0.1) is 24.1 Å². The van der Waals surface area contributed by atoms with E-state index >= 15 is 0 Å². The van der Waals surface area contributed by atoms with Crippen molar-refractivity contribution in [3.63, 3.8) is 0 Å². The Morgan fingerprint density at radius 3 is 2.42 bits per heavy atom. The third-order valence-corrected chi connectivity index (χ3v) is 5.76. The van der Waals surface area contributed by atoms with E-state index in [0.717, 1.165) is 17.1 Å². The second-order valence-electron chi connectivity index (χ2n) is 8.06. The summed E-state index contributed by atoms with van der Waals surface area (Å²) >= 11 is 0. The van der Waals surface area contributed by atoms with Gasteiger partial charge < -0.3 is 24.8 Å². The number of hydrogen-bond donors (Lipinski definition) is 1. The number of nitro groups is 1. The van der Waals surface area contributed by atoms with Crippen LogP contribution in [0.1, 0.15) is 0 Å². The molecule has 2 heterocycles. The summed E-state index contributed by atoms with van der Waals surface area (Å²) in [5.74, 6) is 0.129. The number of nitrogens with one attached hydrogen (secondary N) is 1. The molecular formula is C22H27N5O4. The highest BCUT2D eigenvalue weighted by atomic mass is 16.6. The highest BCUT2D eigenvalue weighted by molar-refractivity contribution is 5.83. The van der Waals surface area contributed by atoms with E-state index < -0.39 is 0 Å². The highest BCUT2D eigenvalue weighted by Gasteiger charge is 2.36. The summed E-state index contributed by atoms with van der Waals surface area (Å²) < 4.78 is 5.31. The van der Waals surface area contributed by atoms with Crippen LogP contribution >= 0.6 is 0 Å². The fourth-order valence-electron chi connectivity index (χ4n) is 3.87.